The molecule has 2 aromatic carbocycles. The molecular formula is C17H15NO4. The van der Waals surface area contributed by atoms with Gasteiger partial charge in [-0.2, -0.15) is 0 Å². The van der Waals surface area contributed by atoms with Crippen LogP contribution in [-0.2, 0) is 0 Å². The van der Waals surface area contributed by atoms with E-state index in [0.29, 0.717) is 17.1 Å². The fourth-order valence-electron chi connectivity index (χ4n) is 2.07. The summed E-state index contributed by atoms with van der Waals surface area (Å²) >= 11 is 0. The Labute approximate surface area is 128 Å². The van der Waals surface area contributed by atoms with Gasteiger partial charge in [-0.05, 0) is 30.3 Å². The molecule has 1 heterocycles. The Morgan fingerprint density at radius 3 is 2.91 bits per heavy atom. The molecule has 0 aliphatic carbocycles. The van der Waals surface area contributed by atoms with Crippen LogP contribution in [0.15, 0.2) is 54.7 Å². The van der Waals surface area contributed by atoms with Crippen LogP contribution in [0.3, 0.4) is 0 Å². The molecule has 3 rings (SSSR count). The minimum Gasteiger partial charge on any atom is -0.497 e. The van der Waals surface area contributed by atoms with Gasteiger partial charge in [0.05, 0.1) is 7.11 Å². The molecule has 1 aliphatic heterocycles. The lowest BCUT2D eigenvalue weighted by Crippen LogP contribution is -1.96. The number of anilines is 1. The number of carbonyl (C=O) groups excluding carboxylic acids is 1. The van der Waals surface area contributed by atoms with Crippen molar-refractivity contribution in [3.05, 3.63) is 60.3 Å². The van der Waals surface area contributed by atoms with Crippen molar-refractivity contribution in [2.24, 2.45) is 0 Å². The van der Waals surface area contributed by atoms with Crippen LogP contribution in [0.25, 0.3) is 0 Å². The van der Waals surface area contributed by atoms with E-state index in [1.165, 1.54) is 6.08 Å². The van der Waals surface area contributed by atoms with Gasteiger partial charge in [0.25, 0.3) is 0 Å². The zero-order valence-electron chi connectivity index (χ0n) is 12.0. The summed E-state index contributed by atoms with van der Waals surface area (Å²) in [6, 6.07) is 12.6. The lowest BCUT2D eigenvalue weighted by molar-refractivity contribution is 0.104. The van der Waals surface area contributed by atoms with Gasteiger partial charge in [-0.15, -0.1) is 0 Å². The third-order valence-electron chi connectivity index (χ3n) is 3.21. The summed E-state index contributed by atoms with van der Waals surface area (Å²) in [5, 5.41) is 3.04. The molecule has 2 aromatic rings. The van der Waals surface area contributed by atoms with Crippen molar-refractivity contribution < 1.29 is 19.0 Å². The number of nitrogens with one attached hydrogen (secondary N) is 1. The fourth-order valence-corrected chi connectivity index (χ4v) is 2.07. The maximum absolute atomic E-state index is 12.1. The van der Waals surface area contributed by atoms with E-state index in [1.807, 2.05) is 24.3 Å². The van der Waals surface area contributed by atoms with Crippen molar-refractivity contribution in [3.8, 4) is 17.2 Å². The Hall–Kier alpha value is -2.95. The van der Waals surface area contributed by atoms with Crippen LogP contribution in [0.2, 0.25) is 0 Å². The zero-order valence-corrected chi connectivity index (χ0v) is 12.0. The molecule has 0 bridgehead atoms. The van der Waals surface area contributed by atoms with Gasteiger partial charge in [-0.25, -0.2) is 0 Å². The monoisotopic (exact) mass is 297 g/mol. The number of ether oxygens (including phenoxy) is 3. The first-order valence-electron chi connectivity index (χ1n) is 6.77. The van der Waals surface area contributed by atoms with Crippen molar-refractivity contribution in [2.45, 2.75) is 0 Å². The molecule has 112 valence electrons. The molecule has 0 saturated carbocycles. The Morgan fingerprint density at radius 1 is 1.18 bits per heavy atom. The highest BCUT2D eigenvalue weighted by Crippen LogP contribution is 2.32. The third kappa shape index (κ3) is 3.03. The van der Waals surface area contributed by atoms with Crippen LogP contribution in [0.4, 0.5) is 5.69 Å². The van der Waals surface area contributed by atoms with Crippen molar-refractivity contribution in [2.75, 3.05) is 19.2 Å². The summed E-state index contributed by atoms with van der Waals surface area (Å²) in [4.78, 5) is 12.1. The minimum atomic E-state index is -0.117. The third-order valence-corrected chi connectivity index (χ3v) is 3.21. The molecule has 1 N–H and O–H groups in total. The molecule has 0 spiro atoms. The average Bonchev–Trinajstić information content (AvgIpc) is 3.02. The molecule has 0 saturated heterocycles. The Morgan fingerprint density at radius 2 is 2.05 bits per heavy atom. The van der Waals surface area contributed by atoms with Gasteiger partial charge >= 0.3 is 0 Å². The summed E-state index contributed by atoms with van der Waals surface area (Å²) in [6.45, 7) is 0.195. The number of carbonyl (C=O) groups is 1. The Balaban J connectivity index is 1.66. The van der Waals surface area contributed by atoms with Crippen molar-refractivity contribution in [1.82, 2.24) is 0 Å². The summed E-state index contributed by atoms with van der Waals surface area (Å²) in [5.41, 5.74) is 1.39. The van der Waals surface area contributed by atoms with Gasteiger partial charge in [0.15, 0.2) is 17.3 Å². The van der Waals surface area contributed by atoms with Gasteiger partial charge in [-0.3, -0.25) is 4.79 Å². The normalized spacial score (nSPS) is 12.4. The predicted octanol–water partition coefficient (Wildman–Crippen LogP) is 3.23. The lowest BCUT2D eigenvalue weighted by Gasteiger charge is -2.03. The highest BCUT2D eigenvalue weighted by molar-refractivity contribution is 6.05. The second kappa shape index (κ2) is 6.22. The van der Waals surface area contributed by atoms with Crippen LogP contribution in [0, 0.1) is 0 Å². The molecule has 0 fully saturated rings. The van der Waals surface area contributed by atoms with Crippen LogP contribution in [-0.4, -0.2) is 19.7 Å². The topological polar surface area (TPSA) is 56.8 Å². The van der Waals surface area contributed by atoms with Gasteiger partial charge in [0, 0.05) is 29.6 Å². The van der Waals surface area contributed by atoms with Crippen LogP contribution >= 0.6 is 0 Å². The standard InChI is InChI=1S/C17H15NO4/c1-20-14-4-2-3-13(10-14)18-8-7-15(19)12-5-6-16-17(9-12)22-11-21-16/h2-10,18H,11H2,1H3. The molecule has 1 aliphatic rings. The lowest BCUT2D eigenvalue weighted by atomic mass is 10.1. The van der Waals surface area contributed by atoms with Crippen LogP contribution in [0.1, 0.15) is 10.4 Å². The molecule has 0 unspecified atom stereocenters. The van der Waals surface area contributed by atoms with E-state index >= 15 is 0 Å². The number of hydrogen-bond donors (Lipinski definition) is 1. The molecule has 22 heavy (non-hydrogen) atoms. The summed E-state index contributed by atoms with van der Waals surface area (Å²) < 4.78 is 15.6. The predicted molar refractivity (Wildman–Crippen MR) is 82.7 cm³/mol. The maximum atomic E-state index is 12.1. The quantitative estimate of drug-likeness (QED) is 0.678. The minimum absolute atomic E-state index is 0.117. The van der Waals surface area contributed by atoms with Gasteiger partial charge in [-0.1, -0.05) is 6.07 Å². The first kappa shape index (κ1) is 14.0. The van der Waals surface area contributed by atoms with Crippen LogP contribution < -0.4 is 19.5 Å². The van der Waals surface area contributed by atoms with E-state index in [1.54, 1.807) is 31.5 Å². The Bertz CT molecular complexity index is 724. The first-order chi connectivity index (χ1) is 10.8. The van der Waals surface area contributed by atoms with Crippen molar-refractivity contribution in [3.63, 3.8) is 0 Å². The highest BCUT2D eigenvalue weighted by atomic mass is 16.7. The maximum Gasteiger partial charge on any atom is 0.231 e. The largest absolute Gasteiger partial charge is 0.497 e. The van der Waals surface area contributed by atoms with E-state index < -0.39 is 0 Å². The first-order valence-corrected chi connectivity index (χ1v) is 6.77. The number of methoxy groups -OCH3 is 1. The smallest absolute Gasteiger partial charge is 0.231 e. The number of fused-ring (bicyclic) bond motifs is 1. The van der Waals surface area contributed by atoms with E-state index in [2.05, 4.69) is 5.32 Å². The number of ketones is 1. The summed E-state index contributed by atoms with van der Waals surface area (Å²) in [6.07, 6.45) is 3.07. The fraction of sp³-hybridized carbons (Fsp3) is 0.118. The highest BCUT2D eigenvalue weighted by Gasteiger charge is 2.14. The SMILES string of the molecule is COc1cccc(NC=CC(=O)c2ccc3c(c2)OCO3)c1. The number of benzene rings is 2. The summed E-state index contributed by atoms with van der Waals surface area (Å²) in [7, 11) is 1.61. The molecule has 0 atom stereocenters. The Kier molecular flexibility index (Phi) is 3.96. The zero-order chi connectivity index (χ0) is 15.4. The van der Waals surface area contributed by atoms with Gasteiger partial charge in [0.2, 0.25) is 6.79 Å². The number of rotatable bonds is 5. The second-order valence-electron chi connectivity index (χ2n) is 4.64. The second-order valence-corrected chi connectivity index (χ2v) is 4.64. The van der Waals surface area contributed by atoms with E-state index in [-0.39, 0.29) is 12.6 Å². The van der Waals surface area contributed by atoms with Gasteiger partial charge < -0.3 is 19.5 Å². The molecule has 0 radical (unpaired) electrons. The van der Waals surface area contributed by atoms with E-state index in [4.69, 9.17) is 14.2 Å². The molecule has 5 heteroatoms. The number of hydrogen-bond acceptors (Lipinski definition) is 5. The van der Waals surface area contributed by atoms with Crippen molar-refractivity contribution >= 4 is 11.5 Å². The molecule has 0 aromatic heterocycles. The van der Waals surface area contributed by atoms with E-state index in [9.17, 15) is 4.79 Å². The van der Waals surface area contributed by atoms with Crippen LogP contribution in [0.5, 0.6) is 17.2 Å². The number of allylic oxidation sites excluding steroid dienone is 1. The average molecular weight is 297 g/mol. The molecule has 0 amide bonds. The van der Waals surface area contributed by atoms with Crippen molar-refractivity contribution in [1.29, 1.82) is 0 Å². The molecule has 5 nitrogen and oxygen atoms in total. The molecular weight excluding hydrogens is 282 g/mol. The van der Waals surface area contributed by atoms with E-state index in [0.717, 1.165) is 11.4 Å². The summed E-state index contributed by atoms with van der Waals surface area (Å²) in [5.74, 6) is 1.89. The van der Waals surface area contributed by atoms with Gasteiger partial charge in [0.1, 0.15) is 5.75 Å².